The second kappa shape index (κ2) is 7.81. The summed E-state index contributed by atoms with van der Waals surface area (Å²) in [6.45, 7) is -0.812. The first-order valence-electron chi connectivity index (χ1n) is 7.76. The summed E-state index contributed by atoms with van der Waals surface area (Å²) in [5.41, 5.74) is 0.519. The van der Waals surface area contributed by atoms with Crippen molar-refractivity contribution in [2.24, 2.45) is 0 Å². The lowest BCUT2D eigenvalue weighted by Crippen LogP contribution is -2.35. The number of hydrogen-bond donors (Lipinski definition) is 1. The topological polar surface area (TPSA) is 73.9 Å². The average Bonchev–Trinajstić information content (AvgIpc) is 3.12. The smallest absolute Gasteiger partial charge is 0.339 e. The number of alkyl halides is 2. The number of halogens is 2. The number of esters is 1. The predicted molar refractivity (Wildman–Crippen MR) is 86.2 cm³/mol. The van der Waals surface area contributed by atoms with E-state index in [1.807, 2.05) is 0 Å². The lowest BCUT2D eigenvalue weighted by atomic mass is 10.1. The van der Waals surface area contributed by atoms with Crippen LogP contribution in [0.5, 0.6) is 11.5 Å². The van der Waals surface area contributed by atoms with E-state index in [1.54, 1.807) is 24.3 Å². The molecule has 1 aliphatic heterocycles. The molecule has 0 bridgehead atoms. The lowest BCUT2D eigenvalue weighted by molar-refractivity contribution is -0.131. The van der Waals surface area contributed by atoms with E-state index < -0.39 is 31.0 Å². The van der Waals surface area contributed by atoms with E-state index in [2.05, 4.69) is 5.32 Å². The van der Waals surface area contributed by atoms with Crippen LogP contribution in [0, 0.1) is 0 Å². The van der Waals surface area contributed by atoms with Gasteiger partial charge in [-0.2, -0.15) is 0 Å². The summed E-state index contributed by atoms with van der Waals surface area (Å²) in [4.78, 5) is 24.6. The molecule has 2 aromatic carbocycles. The summed E-state index contributed by atoms with van der Waals surface area (Å²) in [5.74, 6) is -0.742. The summed E-state index contributed by atoms with van der Waals surface area (Å²) in [6.07, 6.45) is -4.13. The molecule has 1 N–H and O–H groups in total. The van der Waals surface area contributed by atoms with Gasteiger partial charge in [0.15, 0.2) is 11.5 Å². The molecule has 1 atom stereocenters. The van der Waals surface area contributed by atoms with Crippen molar-refractivity contribution < 1.29 is 32.6 Å². The molecule has 0 saturated heterocycles. The first-order valence-corrected chi connectivity index (χ1v) is 7.76. The van der Waals surface area contributed by atoms with Gasteiger partial charge >= 0.3 is 5.97 Å². The van der Waals surface area contributed by atoms with Gasteiger partial charge in [-0.3, -0.25) is 4.79 Å². The third-order valence-corrected chi connectivity index (χ3v) is 3.60. The SMILES string of the molecule is O=C(OC(C(=O)NCC(F)F)c1ccc2c(c1)OCO2)c1ccccc1. The van der Waals surface area contributed by atoms with Gasteiger partial charge in [-0.05, 0) is 24.3 Å². The van der Waals surface area contributed by atoms with E-state index in [0.29, 0.717) is 11.5 Å². The molecule has 2 aromatic rings. The van der Waals surface area contributed by atoms with Crippen LogP contribution in [0.3, 0.4) is 0 Å². The monoisotopic (exact) mass is 363 g/mol. The molecular formula is C18H15F2NO5. The Kier molecular flexibility index (Phi) is 5.31. The van der Waals surface area contributed by atoms with Gasteiger partial charge < -0.3 is 19.5 Å². The third kappa shape index (κ3) is 4.08. The number of carbonyl (C=O) groups excluding carboxylic acids is 2. The average molecular weight is 363 g/mol. The summed E-state index contributed by atoms with van der Waals surface area (Å²) in [5, 5.41) is 2.07. The maximum Gasteiger partial charge on any atom is 0.339 e. The summed E-state index contributed by atoms with van der Waals surface area (Å²) < 4.78 is 40.5. The van der Waals surface area contributed by atoms with Crippen LogP contribution >= 0.6 is 0 Å². The fourth-order valence-corrected chi connectivity index (χ4v) is 2.37. The Morgan fingerprint density at radius 2 is 1.81 bits per heavy atom. The number of hydrogen-bond acceptors (Lipinski definition) is 5. The van der Waals surface area contributed by atoms with E-state index in [4.69, 9.17) is 14.2 Å². The number of rotatable bonds is 6. The van der Waals surface area contributed by atoms with Gasteiger partial charge in [-0.15, -0.1) is 0 Å². The standard InChI is InChI=1S/C18H15F2NO5/c19-15(20)9-21-17(22)16(26-18(23)11-4-2-1-3-5-11)12-6-7-13-14(8-12)25-10-24-13/h1-8,15-16H,9-10H2,(H,21,22). The Morgan fingerprint density at radius 1 is 1.08 bits per heavy atom. The van der Waals surface area contributed by atoms with Crippen molar-refractivity contribution >= 4 is 11.9 Å². The van der Waals surface area contributed by atoms with Gasteiger partial charge in [0.2, 0.25) is 12.9 Å². The van der Waals surface area contributed by atoms with Gasteiger partial charge in [0.1, 0.15) is 0 Å². The van der Waals surface area contributed by atoms with E-state index in [9.17, 15) is 18.4 Å². The normalized spacial score (nSPS) is 13.3. The minimum Gasteiger partial charge on any atom is -0.454 e. The quantitative estimate of drug-likeness (QED) is 0.799. The molecule has 0 radical (unpaired) electrons. The van der Waals surface area contributed by atoms with Crippen LogP contribution in [0.1, 0.15) is 22.0 Å². The van der Waals surface area contributed by atoms with Crippen molar-refractivity contribution in [3.05, 3.63) is 59.7 Å². The minimum absolute atomic E-state index is 0.0326. The summed E-state index contributed by atoms with van der Waals surface area (Å²) in [6, 6.07) is 12.6. The van der Waals surface area contributed by atoms with Gasteiger partial charge in [0.05, 0.1) is 12.1 Å². The number of nitrogens with one attached hydrogen (secondary N) is 1. The molecule has 8 heteroatoms. The molecule has 0 spiro atoms. The lowest BCUT2D eigenvalue weighted by Gasteiger charge is -2.18. The second-order valence-corrected chi connectivity index (χ2v) is 5.40. The molecule has 0 aromatic heterocycles. The van der Waals surface area contributed by atoms with Crippen molar-refractivity contribution in [2.45, 2.75) is 12.5 Å². The van der Waals surface area contributed by atoms with Gasteiger partial charge in [0.25, 0.3) is 12.3 Å². The van der Waals surface area contributed by atoms with Crippen LogP contribution in [0.25, 0.3) is 0 Å². The number of benzene rings is 2. The zero-order chi connectivity index (χ0) is 18.5. The van der Waals surface area contributed by atoms with Crippen LogP contribution in [-0.4, -0.2) is 31.6 Å². The van der Waals surface area contributed by atoms with Crippen LogP contribution in [0.15, 0.2) is 48.5 Å². The van der Waals surface area contributed by atoms with Crippen molar-refractivity contribution in [1.82, 2.24) is 5.32 Å². The fraction of sp³-hybridized carbons (Fsp3) is 0.222. The van der Waals surface area contributed by atoms with E-state index in [1.165, 1.54) is 24.3 Å². The first-order chi connectivity index (χ1) is 12.5. The van der Waals surface area contributed by atoms with Crippen LogP contribution < -0.4 is 14.8 Å². The molecule has 1 aliphatic rings. The highest BCUT2D eigenvalue weighted by Crippen LogP contribution is 2.35. The molecule has 0 saturated carbocycles. The Morgan fingerprint density at radius 3 is 2.54 bits per heavy atom. The Hall–Kier alpha value is -3.16. The van der Waals surface area contributed by atoms with Gasteiger partial charge in [-0.25, -0.2) is 13.6 Å². The van der Waals surface area contributed by atoms with Crippen LogP contribution in [0.2, 0.25) is 0 Å². The second-order valence-electron chi connectivity index (χ2n) is 5.40. The molecular weight excluding hydrogens is 348 g/mol. The number of fused-ring (bicyclic) bond motifs is 1. The number of carbonyl (C=O) groups is 2. The Balaban J connectivity index is 1.84. The molecule has 1 heterocycles. The van der Waals surface area contributed by atoms with Crippen molar-refractivity contribution in [2.75, 3.05) is 13.3 Å². The largest absolute Gasteiger partial charge is 0.454 e. The maximum absolute atomic E-state index is 12.4. The molecule has 1 unspecified atom stereocenters. The van der Waals surface area contributed by atoms with Gasteiger partial charge in [-0.1, -0.05) is 24.3 Å². The first kappa shape index (κ1) is 17.7. The molecule has 0 aliphatic carbocycles. The Labute approximate surface area is 147 Å². The number of ether oxygens (including phenoxy) is 3. The van der Waals surface area contributed by atoms with Crippen LogP contribution in [0.4, 0.5) is 8.78 Å². The highest BCUT2D eigenvalue weighted by atomic mass is 19.3. The molecule has 3 rings (SSSR count). The molecule has 1 amide bonds. The minimum atomic E-state index is -2.72. The molecule has 6 nitrogen and oxygen atoms in total. The van der Waals surface area contributed by atoms with E-state index in [-0.39, 0.29) is 17.9 Å². The van der Waals surface area contributed by atoms with Crippen molar-refractivity contribution in [1.29, 1.82) is 0 Å². The molecule has 26 heavy (non-hydrogen) atoms. The predicted octanol–water partition coefficient (Wildman–Crippen LogP) is 2.69. The number of amides is 1. The van der Waals surface area contributed by atoms with E-state index in [0.717, 1.165) is 0 Å². The zero-order valence-corrected chi connectivity index (χ0v) is 13.5. The van der Waals surface area contributed by atoms with Crippen molar-refractivity contribution in [3.63, 3.8) is 0 Å². The van der Waals surface area contributed by atoms with Crippen LogP contribution in [-0.2, 0) is 9.53 Å². The summed E-state index contributed by atoms with van der Waals surface area (Å²) >= 11 is 0. The Bertz CT molecular complexity index is 797. The van der Waals surface area contributed by atoms with E-state index >= 15 is 0 Å². The zero-order valence-electron chi connectivity index (χ0n) is 13.5. The highest BCUT2D eigenvalue weighted by Gasteiger charge is 2.28. The fourth-order valence-electron chi connectivity index (χ4n) is 2.37. The third-order valence-electron chi connectivity index (χ3n) is 3.60. The highest BCUT2D eigenvalue weighted by molar-refractivity contribution is 5.92. The summed E-state index contributed by atoms with van der Waals surface area (Å²) in [7, 11) is 0. The molecule has 0 fully saturated rings. The van der Waals surface area contributed by atoms with Gasteiger partial charge in [0, 0.05) is 5.56 Å². The maximum atomic E-state index is 12.4. The van der Waals surface area contributed by atoms with Crippen molar-refractivity contribution in [3.8, 4) is 11.5 Å². The molecule has 136 valence electrons.